The van der Waals surface area contributed by atoms with Crippen LogP contribution in [0.15, 0.2) is 17.3 Å². The fourth-order valence-electron chi connectivity index (χ4n) is 1.05. The molecule has 0 aliphatic heterocycles. The molecule has 0 bridgehead atoms. The van der Waals surface area contributed by atoms with Gasteiger partial charge in [-0.05, 0) is 38.6 Å². The molecular weight excluding hydrogens is 186 g/mol. The Morgan fingerprint density at radius 2 is 2.00 bits per heavy atom. The smallest absolute Gasteiger partial charge is 0.0863 e. The Labute approximate surface area is 94.1 Å². The van der Waals surface area contributed by atoms with E-state index in [1.54, 1.807) is 6.34 Å². The molecule has 0 aliphatic carbocycles. The highest BCUT2D eigenvalue weighted by molar-refractivity contribution is 5.55. The highest BCUT2D eigenvalue weighted by atomic mass is 14.9. The Balaban J connectivity index is 3.13. The van der Waals surface area contributed by atoms with Crippen LogP contribution in [-0.2, 0) is 0 Å². The van der Waals surface area contributed by atoms with Gasteiger partial charge in [-0.25, -0.2) is 0 Å². The third-order valence-corrected chi connectivity index (χ3v) is 1.94. The summed E-state index contributed by atoms with van der Waals surface area (Å²) in [6, 6.07) is 0. The van der Waals surface area contributed by atoms with Gasteiger partial charge < -0.3 is 10.6 Å². The van der Waals surface area contributed by atoms with Gasteiger partial charge in [0.15, 0.2) is 0 Å². The number of hydrogen-bond acceptors (Lipinski definition) is 2. The van der Waals surface area contributed by atoms with Crippen LogP contribution in [0.3, 0.4) is 0 Å². The van der Waals surface area contributed by atoms with E-state index in [-0.39, 0.29) is 0 Å². The quantitative estimate of drug-likeness (QED) is 0.330. The summed E-state index contributed by atoms with van der Waals surface area (Å²) in [5, 5.41) is 6.38. The monoisotopic (exact) mass is 211 g/mol. The largest absolute Gasteiger partial charge is 0.353 e. The Kier molecular flexibility index (Phi) is 12.4. The van der Waals surface area contributed by atoms with Crippen molar-refractivity contribution in [2.45, 2.75) is 39.5 Å². The molecule has 0 spiro atoms. The second kappa shape index (κ2) is 13.2. The van der Waals surface area contributed by atoms with E-state index < -0.39 is 0 Å². The second-order valence-electron chi connectivity index (χ2n) is 3.50. The third kappa shape index (κ3) is 13.2. The van der Waals surface area contributed by atoms with Gasteiger partial charge in [0.25, 0.3) is 0 Å². The zero-order valence-corrected chi connectivity index (χ0v) is 10.1. The second-order valence-corrected chi connectivity index (χ2v) is 3.50. The number of nitrogens with zero attached hydrogens (tertiary/aromatic N) is 1. The maximum atomic E-state index is 4.21. The van der Waals surface area contributed by atoms with E-state index in [0.29, 0.717) is 0 Å². The average Bonchev–Trinajstić information content (AvgIpc) is 2.26. The van der Waals surface area contributed by atoms with Gasteiger partial charge in [0.2, 0.25) is 0 Å². The number of aliphatic imine (C=N–C) groups is 1. The molecule has 0 saturated heterocycles. The number of rotatable bonds is 10. The Hall–Kier alpha value is -0.830. The number of nitrogens with one attached hydrogen (secondary N) is 2. The molecular formula is C12H25N3. The molecule has 0 aliphatic rings. The van der Waals surface area contributed by atoms with Crippen molar-refractivity contribution in [2.75, 3.05) is 19.6 Å². The van der Waals surface area contributed by atoms with Crippen molar-refractivity contribution in [1.29, 1.82) is 0 Å². The molecule has 2 N–H and O–H groups in total. The molecule has 0 unspecified atom stereocenters. The number of unbranched alkanes of at least 4 members (excludes halogenated alkanes) is 1. The van der Waals surface area contributed by atoms with Gasteiger partial charge in [-0.2, -0.15) is 0 Å². The van der Waals surface area contributed by atoms with Gasteiger partial charge >= 0.3 is 0 Å². The molecule has 0 aromatic rings. The van der Waals surface area contributed by atoms with Crippen LogP contribution in [0.5, 0.6) is 0 Å². The standard InChI is InChI=1S/C12H25N3/c1-3-5-9-14-12-15-11-7-6-10-13-8-4-2/h7,11-13H,3-6,8-10H2,1-2H3,(H,14,15)/b11-7+. The van der Waals surface area contributed by atoms with E-state index in [2.05, 4.69) is 35.5 Å². The molecule has 0 fully saturated rings. The van der Waals surface area contributed by atoms with E-state index in [1.807, 2.05) is 6.20 Å². The van der Waals surface area contributed by atoms with Gasteiger partial charge in [0.05, 0.1) is 6.34 Å². The van der Waals surface area contributed by atoms with Crippen LogP contribution in [-0.4, -0.2) is 26.0 Å². The maximum Gasteiger partial charge on any atom is 0.0863 e. The summed E-state index contributed by atoms with van der Waals surface area (Å²) in [5.41, 5.74) is 0. The average molecular weight is 211 g/mol. The molecule has 3 heteroatoms. The first-order valence-corrected chi connectivity index (χ1v) is 6.01. The van der Waals surface area contributed by atoms with Gasteiger partial charge in [-0.1, -0.05) is 26.3 Å². The van der Waals surface area contributed by atoms with Crippen LogP contribution >= 0.6 is 0 Å². The summed E-state index contributed by atoms with van der Waals surface area (Å²) in [4.78, 5) is 4.21. The summed E-state index contributed by atoms with van der Waals surface area (Å²) in [6.07, 6.45) is 10.5. The summed E-state index contributed by atoms with van der Waals surface area (Å²) in [5.74, 6) is 0. The lowest BCUT2D eigenvalue weighted by Crippen LogP contribution is -2.15. The molecule has 0 aromatic carbocycles. The SMILES string of the molecule is CCCCN=CN/C=C/CCNCCC. The van der Waals surface area contributed by atoms with Crippen LogP contribution in [0.25, 0.3) is 0 Å². The summed E-state index contributed by atoms with van der Waals surface area (Å²) < 4.78 is 0. The van der Waals surface area contributed by atoms with E-state index >= 15 is 0 Å². The van der Waals surface area contributed by atoms with Crippen molar-refractivity contribution < 1.29 is 0 Å². The minimum atomic E-state index is 0.926. The zero-order valence-electron chi connectivity index (χ0n) is 10.1. The minimum Gasteiger partial charge on any atom is -0.353 e. The lowest BCUT2D eigenvalue weighted by atomic mass is 10.3. The highest BCUT2D eigenvalue weighted by Crippen LogP contribution is 1.84. The molecule has 0 amide bonds. The first kappa shape index (κ1) is 14.2. The molecule has 0 heterocycles. The lowest BCUT2D eigenvalue weighted by Gasteiger charge is -1.97. The third-order valence-electron chi connectivity index (χ3n) is 1.94. The lowest BCUT2D eigenvalue weighted by molar-refractivity contribution is 0.678. The molecule has 0 rings (SSSR count). The molecule has 15 heavy (non-hydrogen) atoms. The summed E-state index contributed by atoms with van der Waals surface area (Å²) >= 11 is 0. The molecule has 88 valence electrons. The summed E-state index contributed by atoms with van der Waals surface area (Å²) in [7, 11) is 0. The van der Waals surface area contributed by atoms with Crippen LogP contribution in [0.2, 0.25) is 0 Å². The fraction of sp³-hybridized carbons (Fsp3) is 0.750. The normalized spacial score (nSPS) is 11.6. The predicted octanol–water partition coefficient (Wildman–Crippen LogP) is 2.31. The highest BCUT2D eigenvalue weighted by Gasteiger charge is 1.81. The Morgan fingerprint density at radius 3 is 2.73 bits per heavy atom. The van der Waals surface area contributed by atoms with Gasteiger partial charge in [0.1, 0.15) is 0 Å². The van der Waals surface area contributed by atoms with Gasteiger partial charge in [-0.15, -0.1) is 0 Å². The fourth-order valence-corrected chi connectivity index (χ4v) is 1.05. The van der Waals surface area contributed by atoms with Crippen molar-refractivity contribution in [3.63, 3.8) is 0 Å². The molecule has 0 atom stereocenters. The summed E-state index contributed by atoms with van der Waals surface area (Å²) in [6.45, 7) is 7.44. The molecule has 0 radical (unpaired) electrons. The van der Waals surface area contributed by atoms with Crippen LogP contribution in [0.1, 0.15) is 39.5 Å². The van der Waals surface area contributed by atoms with Gasteiger partial charge in [-0.3, -0.25) is 4.99 Å². The molecule has 0 aromatic heterocycles. The minimum absolute atomic E-state index is 0.926. The van der Waals surface area contributed by atoms with E-state index in [0.717, 1.165) is 26.1 Å². The first-order chi connectivity index (χ1) is 7.41. The van der Waals surface area contributed by atoms with Crippen molar-refractivity contribution in [1.82, 2.24) is 10.6 Å². The topological polar surface area (TPSA) is 36.4 Å². The first-order valence-electron chi connectivity index (χ1n) is 6.01. The van der Waals surface area contributed by atoms with Crippen molar-refractivity contribution in [3.05, 3.63) is 12.3 Å². The van der Waals surface area contributed by atoms with Crippen molar-refractivity contribution in [3.8, 4) is 0 Å². The Morgan fingerprint density at radius 1 is 1.13 bits per heavy atom. The molecule has 3 nitrogen and oxygen atoms in total. The maximum absolute atomic E-state index is 4.21. The van der Waals surface area contributed by atoms with Crippen molar-refractivity contribution in [2.24, 2.45) is 4.99 Å². The molecule has 0 saturated carbocycles. The van der Waals surface area contributed by atoms with E-state index in [1.165, 1.54) is 19.3 Å². The predicted molar refractivity (Wildman–Crippen MR) is 68.3 cm³/mol. The van der Waals surface area contributed by atoms with Crippen molar-refractivity contribution >= 4 is 6.34 Å². The number of hydrogen-bond donors (Lipinski definition) is 2. The van der Waals surface area contributed by atoms with Crippen LogP contribution in [0.4, 0.5) is 0 Å². The van der Waals surface area contributed by atoms with E-state index in [4.69, 9.17) is 0 Å². The Bertz CT molecular complexity index is 164. The van der Waals surface area contributed by atoms with E-state index in [9.17, 15) is 0 Å². The van der Waals surface area contributed by atoms with Crippen LogP contribution < -0.4 is 10.6 Å². The van der Waals surface area contributed by atoms with Gasteiger partial charge in [0, 0.05) is 6.54 Å². The van der Waals surface area contributed by atoms with Crippen LogP contribution in [0, 0.1) is 0 Å². The zero-order chi connectivity index (χ0) is 11.2.